The number of furan rings is 1. The average molecular weight is 283 g/mol. The predicted octanol–water partition coefficient (Wildman–Crippen LogP) is 2.75. The van der Waals surface area contributed by atoms with Crippen LogP contribution in [0.4, 0.5) is 0 Å². The van der Waals surface area contributed by atoms with Crippen molar-refractivity contribution in [1.29, 1.82) is 0 Å². The number of ether oxygens (including phenoxy) is 1. The van der Waals surface area contributed by atoms with Crippen molar-refractivity contribution in [2.24, 2.45) is 0 Å². The highest BCUT2D eigenvalue weighted by Crippen LogP contribution is 2.28. The van der Waals surface area contributed by atoms with Gasteiger partial charge in [0.15, 0.2) is 0 Å². The molecule has 0 aliphatic heterocycles. The van der Waals surface area contributed by atoms with Crippen molar-refractivity contribution >= 4 is 17.7 Å². The Labute approximate surface area is 118 Å². The fourth-order valence-corrected chi connectivity index (χ4v) is 3.58. The van der Waals surface area contributed by atoms with E-state index in [-0.39, 0.29) is 5.97 Å². The molecule has 0 amide bonds. The van der Waals surface area contributed by atoms with E-state index in [0.29, 0.717) is 29.2 Å². The first kappa shape index (κ1) is 14.5. The quantitative estimate of drug-likeness (QED) is 0.842. The summed E-state index contributed by atoms with van der Waals surface area (Å²) in [6.07, 6.45) is 5.95. The average Bonchev–Trinajstić information content (AvgIpc) is 3.01. The first-order valence-electron chi connectivity index (χ1n) is 6.59. The molecule has 1 saturated carbocycles. The van der Waals surface area contributed by atoms with E-state index in [2.05, 4.69) is 11.6 Å². The molecule has 2 atom stereocenters. The van der Waals surface area contributed by atoms with Crippen molar-refractivity contribution in [1.82, 2.24) is 5.32 Å². The first-order valence-corrected chi connectivity index (χ1v) is 7.88. The van der Waals surface area contributed by atoms with E-state index in [1.54, 1.807) is 13.0 Å². The highest BCUT2D eigenvalue weighted by molar-refractivity contribution is 7.99. The molecule has 1 aliphatic rings. The van der Waals surface area contributed by atoms with Crippen LogP contribution in [0.5, 0.6) is 0 Å². The van der Waals surface area contributed by atoms with Crippen LogP contribution in [-0.2, 0) is 11.3 Å². The Bertz CT molecular complexity index is 444. The summed E-state index contributed by atoms with van der Waals surface area (Å²) in [5.41, 5.74) is 0.520. The Morgan fingerprint density at radius 3 is 3.05 bits per heavy atom. The number of carbonyl (C=O) groups is 1. The number of hydrogen-bond acceptors (Lipinski definition) is 5. The Kier molecular flexibility index (Phi) is 4.93. The van der Waals surface area contributed by atoms with Crippen molar-refractivity contribution in [3.05, 3.63) is 23.2 Å². The maximum absolute atomic E-state index is 11.5. The predicted molar refractivity (Wildman–Crippen MR) is 76.6 cm³/mol. The molecule has 0 saturated heterocycles. The molecule has 1 aliphatic carbocycles. The molecule has 2 rings (SSSR count). The summed E-state index contributed by atoms with van der Waals surface area (Å²) in [5, 5.41) is 4.22. The monoisotopic (exact) mass is 283 g/mol. The minimum atomic E-state index is -0.338. The van der Waals surface area contributed by atoms with Crippen LogP contribution in [0, 0.1) is 6.92 Å². The lowest BCUT2D eigenvalue weighted by Crippen LogP contribution is -2.33. The molecule has 4 nitrogen and oxygen atoms in total. The van der Waals surface area contributed by atoms with Gasteiger partial charge >= 0.3 is 5.97 Å². The second-order valence-corrected chi connectivity index (χ2v) is 5.94. The van der Waals surface area contributed by atoms with E-state index in [0.717, 1.165) is 5.76 Å². The van der Waals surface area contributed by atoms with Gasteiger partial charge in [-0.05, 0) is 32.1 Å². The van der Waals surface area contributed by atoms with Gasteiger partial charge in [0, 0.05) is 11.3 Å². The number of hydrogen-bond donors (Lipinski definition) is 1. The number of nitrogens with one attached hydrogen (secondary N) is 1. The van der Waals surface area contributed by atoms with Crippen molar-refractivity contribution < 1.29 is 13.9 Å². The molecule has 5 heteroatoms. The molecule has 1 aromatic heterocycles. The molecular formula is C14H21NO3S. The van der Waals surface area contributed by atoms with Crippen LogP contribution in [0.2, 0.25) is 0 Å². The fraction of sp³-hybridized carbons (Fsp3) is 0.643. The molecule has 1 N–H and O–H groups in total. The third-order valence-electron chi connectivity index (χ3n) is 3.67. The Morgan fingerprint density at radius 1 is 1.58 bits per heavy atom. The summed E-state index contributed by atoms with van der Waals surface area (Å²) in [4.78, 5) is 11.5. The van der Waals surface area contributed by atoms with Gasteiger partial charge in [-0.2, -0.15) is 11.8 Å². The molecular weight excluding hydrogens is 262 g/mol. The molecule has 1 fully saturated rings. The lowest BCUT2D eigenvalue weighted by atomic mass is 10.2. The standard InChI is InChI=1S/C14H21NO3S/c1-9-11(14(16)17-2)7-10(18-9)8-15-12-5-4-6-13(12)19-3/h7,12-13,15H,4-6,8H2,1-3H3. The molecule has 0 radical (unpaired) electrons. The SMILES string of the molecule is COC(=O)c1cc(CNC2CCCC2SC)oc1C. The van der Waals surface area contributed by atoms with Gasteiger partial charge in [0.05, 0.1) is 13.7 Å². The number of methoxy groups -OCH3 is 1. The van der Waals surface area contributed by atoms with E-state index >= 15 is 0 Å². The van der Waals surface area contributed by atoms with Crippen LogP contribution in [0.25, 0.3) is 0 Å². The maximum atomic E-state index is 11.5. The topological polar surface area (TPSA) is 51.5 Å². The van der Waals surface area contributed by atoms with E-state index < -0.39 is 0 Å². The minimum absolute atomic E-state index is 0.338. The molecule has 0 spiro atoms. The van der Waals surface area contributed by atoms with Crippen LogP contribution in [0.15, 0.2) is 10.5 Å². The molecule has 0 bridgehead atoms. The van der Waals surface area contributed by atoms with Gasteiger partial charge in [-0.1, -0.05) is 6.42 Å². The summed E-state index contributed by atoms with van der Waals surface area (Å²) in [7, 11) is 1.38. The van der Waals surface area contributed by atoms with Crippen LogP contribution in [0.1, 0.15) is 41.1 Å². The zero-order valence-corrected chi connectivity index (χ0v) is 12.5. The Balaban J connectivity index is 1.95. The van der Waals surface area contributed by atoms with Crippen molar-refractivity contribution in [3.63, 3.8) is 0 Å². The second-order valence-electron chi connectivity index (χ2n) is 4.87. The smallest absolute Gasteiger partial charge is 0.341 e. The van der Waals surface area contributed by atoms with Crippen molar-refractivity contribution in [2.75, 3.05) is 13.4 Å². The van der Waals surface area contributed by atoms with Gasteiger partial charge in [0.1, 0.15) is 17.1 Å². The number of rotatable bonds is 5. The van der Waals surface area contributed by atoms with E-state index in [4.69, 9.17) is 9.15 Å². The summed E-state index contributed by atoms with van der Waals surface area (Å²) in [5.74, 6) is 1.08. The summed E-state index contributed by atoms with van der Waals surface area (Å²) < 4.78 is 10.3. The summed E-state index contributed by atoms with van der Waals surface area (Å²) in [6, 6.07) is 2.32. The lowest BCUT2D eigenvalue weighted by Gasteiger charge is -2.18. The van der Waals surface area contributed by atoms with Gasteiger partial charge in [-0.3, -0.25) is 0 Å². The van der Waals surface area contributed by atoms with Crippen LogP contribution in [0.3, 0.4) is 0 Å². The molecule has 106 valence electrons. The summed E-state index contributed by atoms with van der Waals surface area (Å²) >= 11 is 1.93. The maximum Gasteiger partial charge on any atom is 0.341 e. The zero-order chi connectivity index (χ0) is 13.8. The van der Waals surface area contributed by atoms with Gasteiger partial charge in [0.2, 0.25) is 0 Å². The van der Waals surface area contributed by atoms with E-state index in [9.17, 15) is 4.79 Å². The number of carbonyl (C=O) groups excluding carboxylic acids is 1. The molecule has 2 unspecified atom stereocenters. The molecule has 1 aromatic rings. The lowest BCUT2D eigenvalue weighted by molar-refractivity contribution is 0.0599. The largest absolute Gasteiger partial charge is 0.465 e. The number of aryl methyl sites for hydroxylation is 1. The van der Waals surface area contributed by atoms with Gasteiger partial charge in [-0.15, -0.1) is 0 Å². The van der Waals surface area contributed by atoms with Gasteiger partial charge < -0.3 is 14.5 Å². The van der Waals surface area contributed by atoms with Gasteiger partial charge in [0.25, 0.3) is 0 Å². The molecule has 19 heavy (non-hydrogen) atoms. The summed E-state index contributed by atoms with van der Waals surface area (Å²) in [6.45, 7) is 2.45. The van der Waals surface area contributed by atoms with E-state index in [1.165, 1.54) is 26.4 Å². The fourth-order valence-electron chi connectivity index (χ4n) is 2.62. The Hall–Kier alpha value is -0.940. The highest BCUT2D eigenvalue weighted by atomic mass is 32.2. The van der Waals surface area contributed by atoms with Gasteiger partial charge in [-0.25, -0.2) is 4.79 Å². The number of thioether (sulfide) groups is 1. The third-order valence-corrected chi connectivity index (χ3v) is 4.84. The normalized spacial score (nSPS) is 22.7. The minimum Gasteiger partial charge on any atom is -0.465 e. The van der Waals surface area contributed by atoms with Crippen molar-refractivity contribution in [2.45, 2.75) is 44.0 Å². The third kappa shape index (κ3) is 3.34. The van der Waals surface area contributed by atoms with E-state index in [1.807, 2.05) is 11.8 Å². The highest BCUT2D eigenvalue weighted by Gasteiger charge is 2.26. The first-order chi connectivity index (χ1) is 9.15. The molecule has 0 aromatic carbocycles. The number of esters is 1. The van der Waals surface area contributed by atoms with Crippen molar-refractivity contribution in [3.8, 4) is 0 Å². The van der Waals surface area contributed by atoms with Crippen LogP contribution >= 0.6 is 11.8 Å². The Morgan fingerprint density at radius 2 is 2.37 bits per heavy atom. The second kappa shape index (κ2) is 6.48. The van der Waals surface area contributed by atoms with Crippen LogP contribution < -0.4 is 5.32 Å². The zero-order valence-electron chi connectivity index (χ0n) is 11.7. The molecule has 1 heterocycles. The van der Waals surface area contributed by atoms with Crippen LogP contribution in [-0.4, -0.2) is 30.6 Å².